The molecule has 1 N–H and O–H groups in total. The molecule has 0 saturated carbocycles. The van der Waals surface area contributed by atoms with Crippen molar-refractivity contribution in [1.29, 1.82) is 0 Å². The van der Waals surface area contributed by atoms with E-state index in [2.05, 4.69) is 47.3 Å². The highest BCUT2D eigenvalue weighted by atomic mass is 79.9. The second kappa shape index (κ2) is 7.30. The number of nitrogens with one attached hydrogen (secondary N) is 1. The zero-order valence-electron chi connectivity index (χ0n) is 11.8. The Kier molecular flexibility index (Phi) is 5.33. The molecule has 0 aliphatic rings. The second-order valence-corrected chi connectivity index (χ2v) is 8.39. The van der Waals surface area contributed by atoms with Crippen molar-refractivity contribution in [2.24, 2.45) is 0 Å². The van der Waals surface area contributed by atoms with Crippen molar-refractivity contribution in [2.45, 2.75) is 6.54 Å². The molecule has 0 fully saturated rings. The molecule has 0 radical (unpaired) electrons. The minimum absolute atomic E-state index is 0.115. The molecule has 124 valence electrons. The van der Waals surface area contributed by atoms with Crippen LogP contribution in [0.4, 0.5) is 10.2 Å². The van der Waals surface area contributed by atoms with E-state index < -0.39 is 5.91 Å². The first kappa shape index (κ1) is 17.5. The van der Waals surface area contributed by atoms with E-state index in [1.807, 2.05) is 0 Å². The Balaban J connectivity index is 1.78. The molecule has 0 atom stereocenters. The fourth-order valence-corrected chi connectivity index (χ4v) is 4.17. The lowest BCUT2D eigenvalue weighted by molar-refractivity contribution is 0.102. The monoisotopic (exact) mass is 492 g/mol. The van der Waals surface area contributed by atoms with Gasteiger partial charge in [0.15, 0.2) is 15.4 Å². The Labute approximate surface area is 162 Å². The van der Waals surface area contributed by atoms with Gasteiger partial charge in [-0.05, 0) is 37.9 Å². The molecule has 0 bridgehead atoms. The topological polar surface area (TPSA) is 59.8 Å². The van der Waals surface area contributed by atoms with E-state index in [0.29, 0.717) is 19.8 Å². The summed E-state index contributed by atoms with van der Waals surface area (Å²) >= 11 is 13.6. The number of amides is 1. The Morgan fingerprint density at radius 2 is 2.12 bits per heavy atom. The van der Waals surface area contributed by atoms with Crippen LogP contribution in [0.5, 0.6) is 0 Å². The van der Waals surface area contributed by atoms with Gasteiger partial charge in [-0.1, -0.05) is 41.1 Å². The first-order valence-corrected chi connectivity index (χ1v) is 9.31. The first-order chi connectivity index (χ1) is 11.4. The lowest BCUT2D eigenvalue weighted by Gasteiger charge is -2.03. The number of hydrogen-bond acceptors (Lipinski definition) is 4. The van der Waals surface area contributed by atoms with Gasteiger partial charge < -0.3 is 5.32 Å². The van der Waals surface area contributed by atoms with Crippen molar-refractivity contribution in [2.75, 3.05) is 5.32 Å². The number of carbonyl (C=O) groups is 1. The van der Waals surface area contributed by atoms with Crippen LogP contribution >= 0.6 is 54.8 Å². The maximum Gasteiger partial charge on any atom is 0.277 e. The molecule has 3 aromatic rings. The van der Waals surface area contributed by atoms with Gasteiger partial charge >= 0.3 is 0 Å². The van der Waals surface area contributed by atoms with Crippen LogP contribution in [-0.4, -0.2) is 20.7 Å². The van der Waals surface area contributed by atoms with Gasteiger partial charge in [-0.3, -0.25) is 9.48 Å². The normalized spacial score (nSPS) is 10.8. The lowest BCUT2D eigenvalue weighted by Crippen LogP contribution is -2.14. The summed E-state index contributed by atoms with van der Waals surface area (Å²) in [6.45, 7) is 0.240. The summed E-state index contributed by atoms with van der Waals surface area (Å²) in [6, 6.07) is 6.44. The Morgan fingerprint density at radius 1 is 1.38 bits per heavy atom. The predicted molar refractivity (Wildman–Crippen MR) is 98.2 cm³/mol. The van der Waals surface area contributed by atoms with Crippen LogP contribution in [0.15, 0.2) is 38.9 Å². The predicted octanol–water partition coefficient (Wildman–Crippen LogP) is 4.96. The van der Waals surface area contributed by atoms with E-state index >= 15 is 0 Å². The molecule has 0 spiro atoms. The molecule has 5 nitrogen and oxygen atoms in total. The van der Waals surface area contributed by atoms with E-state index in [4.69, 9.17) is 11.6 Å². The van der Waals surface area contributed by atoms with Gasteiger partial charge in [0, 0.05) is 11.8 Å². The average molecular weight is 495 g/mol. The number of hydrogen-bond donors (Lipinski definition) is 1. The van der Waals surface area contributed by atoms with Crippen LogP contribution in [0.1, 0.15) is 16.1 Å². The lowest BCUT2D eigenvalue weighted by atomic mass is 10.2. The highest BCUT2D eigenvalue weighted by Crippen LogP contribution is 2.29. The van der Waals surface area contributed by atoms with E-state index in [-0.39, 0.29) is 22.4 Å². The minimum atomic E-state index is -0.473. The van der Waals surface area contributed by atoms with E-state index in [9.17, 15) is 9.18 Å². The summed E-state index contributed by atoms with van der Waals surface area (Å²) in [7, 11) is 0. The highest BCUT2D eigenvalue weighted by molar-refractivity contribution is 9.11. The Bertz CT molecular complexity index is 914. The zero-order valence-corrected chi connectivity index (χ0v) is 16.5. The van der Waals surface area contributed by atoms with Crippen LogP contribution in [-0.2, 0) is 6.54 Å². The van der Waals surface area contributed by atoms with Crippen LogP contribution < -0.4 is 5.32 Å². The molecule has 2 aromatic heterocycles. The van der Waals surface area contributed by atoms with Crippen LogP contribution in [0.25, 0.3) is 0 Å². The summed E-state index contributed by atoms with van der Waals surface area (Å²) in [4.78, 5) is 16.2. The third-order valence-electron chi connectivity index (χ3n) is 3.01. The molecule has 0 aliphatic carbocycles. The number of rotatable bonds is 4. The van der Waals surface area contributed by atoms with Crippen LogP contribution in [0.3, 0.4) is 0 Å². The van der Waals surface area contributed by atoms with Gasteiger partial charge in [0.05, 0.1) is 11.0 Å². The van der Waals surface area contributed by atoms with Gasteiger partial charge in [-0.25, -0.2) is 9.37 Å². The van der Waals surface area contributed by atoms with Crippen molar-refractivity contribution in [3.8, 4) is 0 Å². The molecular formula is C14H8Br2ClFN4OS. The van der Waals surface area contributed by atoms with Crippen molar-refractivity contribution in [3.05, 3.63) is 60.3 Å². The number of anilines is 1. The molecule has 2 heterocycles. The summed E-state index contributed by atoms with van der Waals surface area (Å²) in [5.41, 5.74) is 0.612. The first-order valence-electron chi connectivity index (χ1n) is 6.53. The third-order valence-corrected chi connectivity index (χ3v) is 5.30. The van der Waals surface area contributed by atoms with Crippen LogP contribution in [0.2, 0.25) is 4.34 Å². The zero-order chi connectivity index (χ0) is 17.3. The Hall–Kier alpha value is -1.29. The van der Waals surface area contributed by atoms with E-state index in [1.54, 1.807) is 24.4 Å². The maximum atomic E-state index is 13.7. The molecule has 0 aliphatic heterocycles. The largest absolute Gasteiger partial charge is 0.303 e. The molecular weight excluding hydrogens is 487 g/mol. The number of aromatic nitrogens is 3. The van der Waals surface area contributed by atoms with E-state index in [1.165, 1.54) is 10.7 Å². The van der Waals surface area contributed by atoms with Crippen molar-refractivity contribution < 1.29 is 9.18 Å². The van der Waals surface area contributed by atoms with Crippen molar-refractivity contribution in [3.63, 3.8) is 0 Å². The summed E-state index contributed by atoms with van der Waals surface area (Å²) in [6.07, 6.45) is 1.65. The van der Waals surface area contributed by atoms with Crippen molar-refractivity contribution >= 4 is 66.5 Å². The fraction of sp³-hybridized carbons (Fsp3) is 0.0714. The number of carbonyl (C=O) groups excluding carboxylic acids is 1. The van der Waals surface area contributed by atoms with Crippen LogP contribution in [0, 0.1) is 5.82 Å². The highest BCUT2D eigenvalue weighted by Gasteiger charge is 2.19. The standard InChI is InChI=1S/C14H8Br2ClFN4OS/c15-8-6-22(5-7-3-1-2-4-9(7)18)21-12(8)20-13(23)10-11(17)24-14(16)19-10/h1-4,6H,5H2,(H,20,21,23). The molecule has 3 rings (SSSR count). The second-order valence-electron chi connectivity index (χ2n) is 4.66. The van der Waals surface area contributed by atoms with Gasteiger partial charge in [0.1, 0.15) is 10.2 Å². The average Bonchev–Trinajstić information content (AvgIpc) is 3.04. The molecule has 0 unspecified atom stereocenters. The smallest absolute Gasteiger partial charge is 0.277 e. The third kappa shape index (κ3) is 3.85. The minimum Gasteiger partial charge on any atom is -0.303 e. The molecule has 24 heavy (non-hydrogen) atoms. The number of nitrogens with zero attached hydrogens (tertiary/aromatic N) is 3. The Morgan fingerprint density at radius 3 is 2.79 bits per heavy atom. The number of thiazole rings is 1. The summed E-state index contributed by atoms with van der Waals surface area (Å²) in [5, 5.41) is 6.87. The number of halogens is 4. The van der Waals surface area contributed by atoms with Crippen molar-refractivity contribution in [1.82, 2.24) is 14.8 Å². The van der Waals surface area contributed by atoms with Gasteiger partial charge in [-0.15, -0.1) is 0 Å². The van der Waals surface area contributed by atoms with Gasteiger partial charge in [0.25, 0.3) is 5.91 Å². The summed E-state index contributed by atoms with van der Waals surface area (Å²) in [5.74, 6) is -0.482. The fourth-order valence-electron chi connectivity index (χ4n) is 1.95. The molecule has 10 heteroatoms. The molecule has 1 amide bonds. The quantitative estimate of drug-likeness (QED) is 0.558. The summed E-state index contributed by atoms with van der Waals surface area (Å²) < 4.78 is 16.6. The maximum absolute atomic E-state index is 13.7. The SMILES string of the molecule is O=C(Nc1nn(Cc2ccccc2F)cc1Br)c1nc(Br)sc1Cl. The molecule has 0 saturated heterocycles. The number of benzene rings is 1. The molecule has 1 aromatic carbocycles. The van der Waals surface area contributed by atoms with Gasteiger partial charge in [0.2, 0.25) is 0 Å². The van der Waals surface area contributed by atoms with Gasteiger partial charge in [-0.2, -0.15) is 5.10 Å². The van der Waals surface area contributed by atoms with E-state index in [0.717, 1.165) is 11.3 Å².